The summed E-state index contributed by atoms with van der Waals surface area (Å²) in [6, 6.07) is 12.4. The van der Waals surface area contributed by atoms with Gasteiger partial charge in [-0.15, -0.1) is 0 Å². The minimum absolute atomic E-state index is 0.199. The first-order valence-corrected chi connectivity index (χ1v) is 8.17. The van der Waals surface area contributed by atoms with Gasteiger partial charge in [0.1, 0.15) is 5.75 Å². The molecule has 2 rings (SSSR count). The summed E-state index contributed by atoms with van der Waals surface area (Å²) in [7, 11) is 0. The van der Waals surface area contributed by atoms with E-state index in [9.17, 15) is 4.79 Å². The quantitative estimate of drug-likeness (QED) is 0.798. The lowest BCUT2D eigenvalue weighted by molar-refractivity contribution is 0.0946. The van der Waals surface area contributed by atoms with Crippen LogP contribution < -0.4 is 10.1 Å². The van der Waals surface area contributed by atoms with Gasteiger partial charge in [0.2, 0.25) is 0 Å². The van der Waals surface area contributed by atoms with Crippen LogP contribution in [-0.2, 0) is 6.54 Å². The molecule has 2 aromatic rings. The molecule has 1 N–H and O–H groups in total. The number of nitrogens with one attached hydrogen (secondary N) is 1. The molecular formula is C18H19Cl2NO2. The summed E-state index contributed by atoms with van der Waals surface area (Å²) in [5, 5.41) is 3.95. The van der Waals surface area contributed by atoms with Gasteiger partial charge in [0.05, 0.1) is 12.2 Å². The Morgan fingerprint density at radius 1 is 1.17 bits per heavy atom. The number of hydrogen-bond donors (Lipinski definition) is 1. The maximum atomic E-state index is 12.4. The summed E-state index contributed by atoms with van der Waals surface area (Å²) < 4.78 is 5.71. The van der Waals surface area contributed by atoms with Crippen molar-refractivity contribution in [2.45, 2.75) is 20.4 Å². The molecule has 23 heavy (non-hydrogen) atoms. The van der Waals surface area contributed by atoms with Gasteiger partial charge < -0.3 is 10.1 Å². The first-order valence-electron chi connectivity index (χ1n) is 7.41. The predicted molar refractivity (Wildman–Crippen MR) is 94.4 cm³/mol. The molecule has 5 heteroatoms. The van der Waals surface area contributed by atoms with E-state index < -0.39 is 0 Å². The number of carbonyl (C=O) groups is 1. The Balaban J connectivity index is 2.05. The maximum absolute atomic E-state index is 12.4. The number of rotatable bonds is 6. The number of halogens is 2. The van der Waals surface area contributed by atoms with Crippen LogP contribution in [0.3, 0.4) is 0 Å². The fourth-order valence-electron chi connectivity index (χ4n) is 1.97. The molecule has 0 aliphatic rings. The smallest absolute Gasteiger partial charge is 0.255 e. The zero-order chi connectivity index (χ0) is 16.8. The van der Waals surface area contributed by atoms with Gasteiger partial charge in [0.15, 0.2) is 0 Å². The van der Waals surface area contributed by atoms with Crippen molar-refractivity contribution in [2.24, 2.45) is 5.92 Å². The first-order chi connectivity index (χ1) is 11.0. The molecule has 0 atom stereocenters. The van der Waals surface area contributed by atoms with Crippen molar-refractivity contribution in [3.63, 3.8) is 0 Å². The Morgan fingerprint density at radius 3 is 2.61 bits per heavy atom. The summed E-state index contributed by atoms with van der Waals surface area (Å²) in [5.74, 6) is 0.773. The van der Waals surface area contributed by atoms with Gasteiger partial charge in [-0.2, -0.15) is 0 Å². The van der Waals surface area contributed by atoms with Crippen molar-refractivity contribution in [1.29, 1.82) is 0 Å². The first kappa shape index (κ1) is 17.6. The van der Waals surface area contributed by atoms with Gasteiger partial charge in [0.25, 0.3) is 5.91 Å². The highest BCUT2D eigenvalue weighted by atomic mass is 35.5. The molecule has 0 aliphatic carbocycles. The molecule has 0 heterocycles. The Labute approximate surface area is 146 Å². The maximum Gasteiger partial charge on any atom is 0.255 e. The van der Waals surface area contributed by atoms with E-state index in [2.05, 4.69) is 19.2 Å². The van der Waals surface area contributed by atoms with Crippen LogP contribution in [0, 0.1) is 5.92 Å². The van der Waals surface area contributed by atoms with Gasteiger partial charge in [-0.3, -0.25) is 4.79 Å². The van der Waals surface area contributed by atoms with E-state index in [1.807, 2.05) is 12.1 Å². The number of ether oxygens (including phenoxy) is 1. The lowest BCUT2D eigenvalue weighted by atomic mass is 10.1. The largest absolute Gasteiger partial charge is 0.492 e. The third-order valence-corrected chi connectivity index (χ3v) is 3.75. The van der Waals surface area contributed by atoms with E-state index in [1.165, 1.54) is 0 Å². The number of para-hydroxylation sites is 1. The second-order valence-electron chi connectivity index (χ2n) is 5.62. The number of amides is 1. The molecule has 0 spiro atoms. The van der Waals surface area contributed by atoms with E-state index in [1.54, 1.807) is 30.3 Å². The Hall–Kier alpha value is -1.71. The molecule has 122 valence electrons. The molecule has 2 aromatic carbocycles. The second-order valence-corrected chi connectivity index (χ2v) is 6.46. The molecule has 0 radical (unpaired) electrons. The third kappa shape index (κ3) is 5.15. The molecule has 0 aromatic heterocycles. The van der Waals surface area contributed by atoms with Crippen LogP contribution in [0.15, 0.2) is 42.5 Å². The Kier molecular flexibility index (Phi) is 6.31. The molecule has 0 saturated carbocycles. The Morgan fingerprint density at radius 2 is 1.91 bits per heavy atom. The van der Waals surface area contributed by atoms with Crippen molar-refractivity contribution in [3.8, 4) is 5.75 Å². The summed E-state index contributed by atoms with van der Waals surface area (Å²) >= 11 is 12.0. The van der Waals surface area contributed by atoms with Gasteiger partial charge in [-0.1, -0.05) is 55.2 Å². The van der Waals surface area contributed by atoms with Crippen LogP contribution >= 0.6 is 23.2 Å². The lowest BCUT2D eigenvalue weighted by Crippen LogP contribution is -2.24. The minimum Gasteiger partial charge on any atom is -0.492 e. The van der Waals surface area contributed by atoms with E-state index in [-0.39, 0.29) is 5.91 Å². The highest BCUT2D eigenvalue weighted by molar-refractivity contribution is 6.35. The van der Waals surface area contributed by atoms with Crippen LogP contribution in [0.4, 0.5) is 0 Å². The summed E-state index contributed by atoms with van der Waals surface area (Å²) in [5.41, 5.74) is 1.32. The van der Waals surface area contributed by atoms with E-state index in [0.717, 1.165) is 5.56 Å². The molecule has 3 nitrogen and oxygen atoms in total. The van der Waals surface area contributed by atoms with Crippen molar-refractivity contribution in [1.82, 2.24) is 5.32 Å². The van der Waals surface area contributed by atoms with Crippen LogP contribution in [0.5, 0.6) is 5.75 Å². The normalized spacial score (nSPS) is 10.7. The number of benzene rings is 2. The van der Waals surface area contributed by atoms with Crippen LogP contribution in [0.2, 0.25) is 10.0 Å². The van der Waals surface area contributed by atoms with Gasteiger partial charge in [-0.25, -0.2) is 0 Å². The molecule has 1 amide bonds. The number of hydrogen-bond acceptors (Lipinski definition) is 2. The third-order valence-electron chi connectivity index (χ3n) is 3.16. The van der Waals surface area contributed by atoms with Crippen LogP contribution in [-0.4, -0.2) is 12.5 Å². The zero-order valence-electron chi connectivity index (χ0n) is 13.1. The fourth-order valence-corrected chi connectivity index (χ4v) is 2.45. The molecule has 0 fully saturated rings. The second kappa shape index (κ2) is 8.23. The lowest BCUT2D eigenvalue weighted by Gasteiger charge is -2.13. The standard InChI is InChI=1S/C18H19Cl2NO2/c1-12(2)11-23-17-6-4-3-5-15(17)18(22)21-10-13-7-8-14(19)9-16(13)20/h3-9,12H,10-11H2,1-2H3,(H,21,22). The van der Waals surface area contributed by atoms with E-state index in [0.29, 0.717) is 40.4 Å². The Bertz CT molecular complexity index is 686. The number of carbonyl (C=O) groups excluding carboxylic acids is 1. The van der Waals surface area contributed by atoms with Crippen LogP contribution in [0.25, 0.3) is 0 Å². The summed E-state index contributed by atoms with van der Waals surface area (Å²) in [4.78, 5) is 12.4. The minimum atomic E-state index is -0.199. The average molecular weight is 352 g/mol. The van der Waals surface area contributed by atoms with Crippen molar-refractivity contribution in [2.75, 3.05) is 6.61 Å². The van der Waals surface area contributed by atoms with Gasteiger partial charge >= 0.3 is 0 Å². The predicted octanol–water partition coefficient (Wildman–Crippen LogP) is 4.96. The van der Waals surface area contributed by atoms with Gasteiger partial charge in [-0.05, 0) is 35.7 Å². The monoisotopic (exact) mass is 351 g/mol. The molecule has 0 bridgehead atoms. The zero-order valence-corrected chi connectivity index (χ0v) is 14.6. The van der Waals surface area contributed by atoms with Crippen molar-refractivity contribution in [3.05, 3.63) is 63.6 Å². The van der Waals surface area contributed by atoms with Crippen molar-refractivity contribution < 1.29 is 9.53 Å². The topological polar surface area (TPSA) is 38.3 Å². The SMILES string of the molecule is CC(C)COc1ccccc1C(=O)NCc1ccc(Cl)cc1Cl. The molecule has 0 saturated heterocycles. The molecular weight excluding hydrogens is 333 g/mol. The van der Waals surface area contributed by atoms with E-state index >= 15 is 0 Å². The van der Waals surface area contributed by atoms with Crippen molar-refractivity contribution >= 4 is 29.1 Å². The summed E-state index contributed by atoms with van der Waals surface area (Å²) in [6.07, 6.45) is 0. The van der Waals surface area contributed by atoms with Crippen LogP contribution in [0.1, 0.15) is 29.8 Å². The summed E-state index contributed by atoms with van der Waals surface area (Å²) in [6.45, 7) is 5.01. The molecule has 0 unspecified atom stereocenters. The highest BCUT2D eigenvalue weighted by Gasteiger charge is 2.13. The fraction of sp³-hybridized carbons (Fsp3) is 0.278. The van der Waals surface area contributed by atoms with E-state index in [4.69, 9.17) is 27.9 Å². The van der Waals surface area contributed by atoms with Gasteiger partial charge in [0, 0.05) is 16.6 Å². The molecule has 0 aliphatic heterocycles. The average Bonchev–Trinajstić information content (AvgIpc) is 2.52. The highest BCUT2D eigenvalue weighted by Crippen LogP contribution is 2.22.